The first-order chi connectivity index (χ1) is 18.8. The fourth-order valence-corrected chi connectivity index (χ4v) is 4.29. The normalized spacial score (nSPS) is 11.7. The van der Waals surface area contributed by atoms with E-state index in [1.54, 1.807) is 24.3 Å². The van der Waals surface area contributed by atoms with Gasteiger partial charge in [0.05, 0.1) is 11.4 Å². The number of carbonyl (C=O) groups is 2. The molecule has 0 aliphatic heterocycles. The summed E-state index contributed by atoms with van der Waals surface area (Å²) in [6.45, 7) is 5.92. The van der Waals surface area contributed by atoms with Gasteiger partial charge in [-0.1, -0.05) is 78.1 Å². The van der Waals surface area contributed by atoms with Crippen molar-refractivity contribution in [1.82, 2.24) is 4.90 Å². The standard InChI is InChI=1S/C31H42F3N3O2/c1-3-5-7-9-11-13-23-37(24-14-12-10-8-6-4-2)30(39)26-17-21-28(22-18-26)36-35-27-19-15-25(16-20-27)29(38)31(32,33)34/h15-22H,3-14,23-24H2,1-2H3. The Kier molecular flexibility index (Phi) is 14.5. The van der Waals surface area contributed by atoms with Crippen molar-refractivity contribution in [3.8, 4) is 0 Å². The number of halogens is 3. The Morgan fingerprint density at radius 3 is 1.41 bits per heavy atom. The molecule has 0 aromatic heterocycles. The number of alkyl halides is 3. The van der Waals surface area contributed by atoms with Gasteiger partial charge in [0.2, 0.25) is 0 Å². The van der Waals surface area contributed by atoms with Gasteiger partial charge in [0, 0.05) is 24.2 Å². The third-order valence-corrected chi connectivity index (χ3v) is 6.63. The van der Waals surface area contributed by atoms with Crippen LogP contribution in [0.15, 0.2) is 58.8 Å². The Bertz CT molecular complexity index is 1000. The number of carbonyl (C=O) groups excluding carboxylic acids is 2. The van der Waals surface area contributed by atoms with Crippen molar-refractivity contribution in [2.24, 2.45) is 10.2 Å². The molecule has 2 aromatic rings. The molecular formula is C31H42F3N3O2. The van der Waals surface area contributed by atoms with E-state index in [0.29, 0.717) is 16.9 Å². The lowest BCUT2D eigenvalue weighted by Gasteiger charge is -2.23. The van der Waals surface area contributed by atoms with Gasteiger partial charge in [0.25, 0.3) is 11.7 Å². The van der Waals surface area contributed by atoms with E-state index in [1.807, 2.05) is 4.90 Å². The van der Waals surface area contributed by atoms with Crippen LogP contribution >= 0.6 is 0 Å². The molecule has 2 rings (SSSR count). The number of unbranched alkanes of at least 4 members (excludes halogenated alkanes) is 10. The molecule has 0 spiro atoms. The highest BCUT2D eigenvalue weighted by atomic mass is 19.4. The maximum absolute atomic E-state index is 13.3. The van der Waals surface area contributed by atoms with E-state index < -0.39 is 17.5 Å². The molecular weight excluding hydrogens is 503 g/mol. The molecule has 0 unspecified atom stereocenters. The molecule has 0 saturated heterocycles. The maximum Gasteiger partial charge on any atom is 0.454 e. The summed E-state index contributed by atoms with van der Waals surface area (Å²) in [5, 5.41) is 8.14. The molecule has 0 radical (unpaired) electrons. The molecule has 0 fully saturated rings. The fourth-order valence-electron chi connectivity index (χ4n) is 4.29. The minimum atomic E-state index is -4.92. The topological polar surface area (TPSA) is 62.1 Å². The molecule has 8 heteroatoms. The second kappa shape index (κ2) is 17.5. The summed E-state index contributed by atoms with van der Waals surface area (Å²) >= 11 is 0. The molecule has 0 aliphatic rings. The van der Waals surface area contributed by atoms with Crippen LogP contribution in [0.25, 0.3) is 0 Å². The third-order valence-electron chi connectivity index (χ3n) is 6.63. The van der Waals surface area contributed by atoms with Crippen molar-refractivity contribution < 1.29 is 22.8 Å². The Balaban J connectivity index is 1.97. The minimum Gasteiger partial charge on any atom is -0.339 e. The fraction of sp³-hybridized carbons (Fsp3) is 0.548. The van der Waals surface area contributed by atoms with E-state index in [9.17, 15) is 22.8 Å². The predicted octanol–water partition coefficient (Wildman–Crippen LogP) is 10.0. The number of Topliss-reactive ketones (excluding diaryl/α,β-unsaturated/α-hetero) is 1. The van der Waals surface area contributed by atoms with E-state index in [1.165, 1.54) is 63.5 Å². The highest BCUT2D eigenvalue weighted by molar-refractivity contribution is 6.00. The molecule has 5 nitrogen and oxygen atoms in total. The molecule has 0 atom stereocenters. The number of ketones is 1. The van der Waals surface area contributed by atoms with Crippen LogP contribution in [0.1, 0.15) is 112 Å². The number of nitrogens with zero attached hydrogens (tertiary/aromatic N) is 3. The lowest BCUT2D eigenvalue weighted by atomic mass is 10.1. The average Bonchev–Trinajstić information content (AvgIpc) is 2.93. The Hall–Kier alpha value is -3.03. The van der Waals surface area contributed by atoms with E-state index in [2.05, 4.69) is 24.1 Å². The van der Waals surface area contributed by atoms with Crippen LogP contribution < -0.4 is 0 Å². The Morgan fingerprint density at radius 1 is 0.615 bits per heavy atom. The van der Waals surface area contributed by atoms with Crippen molar-refractivity contribution in [3.63, 3.8) is 0 Å². The van der Waals surface area contributed by atoms with Crippen molar-refractivity contribution in [3.05, 3.63) is 59.7 Å². The molecule has 1 amide bonds. The van der Waals surface area contributed by atoms with Gasteiger partial charge in [-0.15, -0.1) is 0 Å². The average molecular weight is 546 g/mol. The van der Waals surface area contributed by atoms with E-state index >= 15 is 0 Å². The quantitative estimate of drug-likeness (QED) is 0.106. The van der Waals surface area contributed by atoms with Gasteiger partial charge in [0.1, 0.15) is 0 Å². The number of amides is 1. The number of benzene rings is 2. The molecule has 0 N–H and O–H groups in total. The summed E-state index contributed by atoms with van der Waals surface area (Å²) in [7, 11) is 0. The van der Waals surface area contributed by atoms with Crippen LogP contribution in [0.3, 0.4) is 0 Å². The van der Waals surface area contributed by atoms with Gasteiger partial charge in [0.15, 0.2) is 0 Å². The highest BCUT2D eigenvalue weighted by Crippen LogP contribution is 2.24. The largest absolute Gasteiger partial charge is 0.454 e. The number of hydrogen-bond donors (Lipinski definition) is 0. The summed E-state index contributed by atoms with van der Waals surface area (Å²) in [5.74, 6) is -1.88. The van der Waals surface area contributed by atoms with Gasteiger partial charge >= 0.3 is 6.18 Å². The van der Waals surface area contributed by atoms with Gasteiger partial charge in [-0.3, -0.25) is 9.59 Å². The molecule has 0 bridgehead atoms. The number of azo groups is 1. The van der Waals surface area contributed by atoms with Gasteiger partial charge in [-0.2, -0.15) is 23.4 Å². The molecule has 39 heavy (non-hydrogen) atoms. The van der Waals surface area contributed by atoms with Crippen LogP contribution in [0.4, 0.5) is 24.5 Å². The first-order valence-electron chi connectivity index (χ1n) is 14.3. The zero-order chi connectivity index (χ0) is 28.5. The molecule has 0 heterocycles. The predicted molar refractivity (Wildman–Crippen MR) is 150 cm³/mol. The van der Waals surface area contributed by atoms with E-state index in [-0.39, 0.29) is 5.91 Å². The summed E-state index contributed by atoms with van der Waals surface area (Å²) in [6, 6.07) is 11.6. The first kappa shape index (κ1) is 32.2. The first-order valence-corrected chi connectivity index (χ1v) is 14.3. The molecule has 2 aromatic carbocycles. The second-order valence-corrected chi connectivity index (χ2v) is 9.95. The smallest absolute Gasteiger partial charge is 0.339 e. The van der Waals surface area contributed by atoms with Gasteiger partial charge in [-0.25, -0.2) is 0 Å². The highest BCUT2D eigenvalue weighted by Gasteiger charge is 2.39. The lowest BCUT2D eigenvalue weighted by molar-refractivity contribution is -0.0885. The van der Waals surface area contributed by atoms with Crippen molar-refractivity contribution >= 4 is 23.1 Å². The van der Waals surface area contributed by atoms with E-state index in [4.69, 9.17) is 0 Å². The van der Waals surface area contributed by atoms with Crippen molar-refractivity contribution in [1.29, 1.82) is 0 Å². The number of rotatable bonds is 18. The molecule has 214 valence electrons. The summed E-state index contributed by atoms with van der Waals surface area (Å²) in [6.07, 6.45) is 9.19. The summed E-state index contributed by atoms with van der Waals surface area (Å²) in [4.78, 5) is 26.6. The maximum atomic E-state index is 13.3. The summed E-state index contributed by atoms with van der Waals surface area (Å²) in [5.41, 5.74) is 0.982. The van der Waals surface area contributed by atoms with Gasteiger partial charge < -0.3 is 4.90 Å². The SMILES string of the molecule is CCCCCCCCN(CCCCCCCC)C(=O)c1ccc(N=Nc2ccc(C(=O)C(F)(F)F)cc2)cc1. The van der Waals surface area contributed by atoms with Crippen molar-refractivity contribution in [2.45, 2.75) is 97.1 Å². The van der Waals surface area contributed by atoms with Crippen molar-refractivity contribution in [2.75, 3.05) is 13.1 Å². The zero-order valence-electron chi connectivity index (χ0n) is 23.3. The Morgan fingerprint density at radius 2 is 1.00 bits per heavy atom. The van der Waals surface area contributed by atoms with Crippen LogP contribution in [-0.2, 0) is 0 Å². The van der Waals surface area contributed by atoms with Gasteiger partial charge in [-0.05, 0) is 61.4 Å². The molecule has 0 aliphatic carbocycles. The van der Waals surface area contributed by atoms with Crippen LogP contribution in [0.2, 0.25) is 0 Å². The lowest BCUT2D eigenvalue weighted by Crippen LogP contribution is -2.33. The van der Waals surface area contributed by atoms with E-state index in [0.717, 1.165) is 50.9 Å². The zero-order valence-corrected chi connectivity index (χ0v) is 23.3. The third kappa shape index (κ3) is 12.1. The summed E-state index contributed by atoms with van der Waals surface area (Å²) < 4.78 is 37.7. The minimum absolute atomic E-state index is 0.0190. The number of hydrogen-bond acceptors (Lipinski definition) is 4. The monoisotopic (exact) mass is 545 g/mol. The van der Waals surface area contributed by atoms with Crippen LogP contribution in [0, 0.1) is 0 Å². The van der Waals surface area contributed by atoms with Crippen LogP contribution in [0.5, 0.6) is 0 Å². The molecule has 0 saturated carbocycles. The van der Waals surface area contributed by atoms with Crippen LogP contribution in [-0.4, -0.2) is 35.9 Å². The second-order valence-electron chi connectivity index (χ2n) is 9.95. The Labute approximate surface area is 230 Å².